The maximum Gasteiger partial charge on any atom is 0.169 e. The van der Waals surface area contributed by atoms with Crippen LogP contribution in [0.3, 0.4) is 0 Å². The van der Waals surface area contributed by atoms with Crippen LogP contribution in [-0.2, 0) is 16.0 Å². The molecule has 0 saturated heterocycles. The number of pyridine rings is 1. The molecule has 0 amide bonds. The van der Waals surface area contributed by atoms with Crippen molar-refractivity contribution in [2.75, 3.05) is 27.3 Å². The van der Waals surface area contributed by atoms with Crippen LogP contribution in [0, 0.1) is 6.92 Å². The maximum atomic E-state index is 5.21. The Balaban J connectivity index is 2.57. The summed E-state index contributed by atoms with van der Waals surface area (Å²) in [6, 6.07) is 6.09. The Labute approximate surface area is 104 Å². The molecule has 0 aliphatic rings. The van der Waals surface area contributed by atoms with E-state index in [2.05, 4.69) is 16.8 Å². The van der Waals surface area contributed by atoms with E-state index in [4.69, 9.17) is 9.47 Å². The van der Waals surface area contributed by atoms with Gasteiger partial charge in [0.1, 0.15) is 0 Å². The topological polar surface area (TPSA) is 34.6 Å². The minimum atomic E-state index is -0.181. The molecular weight excluding hydrogens is 216 g/mol. The molecule has 4 nitrogen and oxygen atoms in total. The summed E-state index contributed by atoms with van der Waals surface area (Å²) in [6.45, 7) is 6.64. The van der Waals surface area contributed by atoms with E-state index < -0.39 is 0 Å². The Morgan fingerprint density at radius 2 is 2.00 bits per heavy atom. The normalized spacial score (nSPS) is 11.4. The lowest BCUT2D eigenvalue weighted by Gasteiger charge is -2.24. The van der Waals surface area contributed by atoms with Gasteiger partial charge in [-0.2, -0.15) is 0 Å². The summed E-state index contributed by atoms with van der Waals surface area (Å²) in [5.74, 6) is 0. The van der Waals surface area contributed by atoms with Crippen LogP contribution in [0.15, 0.2) is 18.2 Å². The van der Waals surface area contributed by atoms with Crippen molar-refractivity contribution in [3.05, 3.63) is 29.6 Å². The van der Waals surface area contributed by atoms with Crippen LogP contribution in [-0.4, -0.2) is 43.5 Å². The largest absolute Gasteiger partial charge is 0.355 e. The van der Waals surface area contributed by atoms with Crippen LogP contribution in [0.4, 0.5) is 0 Å². The van der Waals surface area contributed by atoms with Crippen molar-refractivity contribution in [1.29, 1.82) is 0 Å². The van der Waals surface area contributed by atoms with Crippen molar-refractivity contribution in [3.63, 3.8) is 0 Å². The van der Waals surface area contributed by atoms with E-state index in [0.29, 0.717) is 0 Å². The molecule has 0 radical (unpaired) electrons. The van der Waals surface area contributed by atoms with E-state index in [1.165, 1.54) is 0 Å². The van der Waals surface area contributed by atoms with E-state index in [-0.39, 0.29) is 6.29 Å². The standard InChI is InChI=1S/C13H22N2O2/c1-5-15(10-13(16-3)17-4)9-12-8-6-7-11(2)14-12/h6-8,13H,5,9-10H2,1-4H3. The molecule has 0 spiro atoms. The van der Waals surface area contributed by atoms with E-state index in [1.807, 2.05) is 25.1 Å². The molecule has 0 aliphatic heterocycles. The lowest BCUT2D eigenvalue weighted by molar-refractivity contribution is -0.116. The molecule has 1 rings (SSSR count). The Kier molecular flexibility index (Phi) is 6.11. The fourth-order valence-electron chi connectivity index (χ4n) is 1.68. The zero-order chi connectivity index (χ0) is 12.7. The predicted octanol–water partition coefficient (Wildman–Crippen LogP) is 1.83. The highest BCUT2D eigenvalue weighted by molar-refractivity contribution is 5.09. The third-order valence-corrected chi connectivity index (χ3v) is 2.71. The summed E-state index contributed by atoms with van der Waals surface area (Å²) in [5, 5.41) is 0. The van der Waals surface area contributed by atoms with Gasteiger partial charge in [0.05, 0.1) is 5.69 Å². The van der Waals surface area contributed by atoms with Crippen molar-refractivity contribution < 1.29 is 9.47 Å². The summed E-state index contributed by atoms with van der Waals surface area (Å²) >= 11 is 0. The van der Waals surface area contributed by atoms with Crippen LogP contribution < -0.4 is 0 Å². The first kappa shape index (κ1) is 14.1. The smallest absolute Gasteiger partial charge is 0.169 e. The average Bonchev–Trinajstić information content (AvgIpc) is 2.34. The first-order valence-corrected chi connectivity index (χ1v) is 5.90. The lowest BCUT2D eigenvalue weighted by Crippen LogP contribution is -2.34. The second kappa shape index (κ2) is 7.37. The van der Waals surface area contributed by atoms with Crippen molar-refractivity contribution >= 4 is 0 Å². The number of aromatic nitrogens is 1. The molecule has 0 atom stereocenters. The molecule has 0 saturated carbocycles. The summed E-state index contributed by atoms with van der Waals surface area (Å²) in [5.41, 5.74) is 2.13. The summed E-state index contributed by atoms with van der Waals surface area (Å²) < 4.78 is 10.4. The van der Waals surface area contributed by atoms with Gasteiger partial charge < -0.3 is 9.47 Å². The van der Waals surface area contributed by atoms with Crippen LogP contribution in [0.2, 0.25) is 0 Å². The molecule has 1 heterocycles. The highest BCUT2D eigenvalue weighted by Gasteiger charge is 2.12. The van der Waals surface area contributed by atoms with Gasteiger partial charge in [-0.1, -0.05) is 13.0 Å². The minimum Gasteiger partial charge on any atom is -0.355 e. The van der Waals surface area contributed by atoms with Gasteiger partial charge >= 0.3 is 0 Å². The van der Waals surface area contributed by atoms with E-state index in [9.17, 15) is 0 Å². The van der Waals surface area contributed by atoms with Crippen LogP contribution in [0.1, 0.15) is 18.3 Å². The molecule has 1 aromatic heterocycles. The number of hydrogen-bond acceptors (Lipinski definition) is 4. The summed E-state index contributed by atoms with van der Waals surface area (Å²) in [7, 11) is 3.32. The molecule has 96 valence electrons. The number of likely N-dealkylation sites (N-methyl/N-ethyl adjacent to an activating group) is 1. The Morgan fingerprint density at radius 1 is 1.29 bits per heavy atom. The number of rotatable bonds is 7. The summed E-state index contributed by atoms with van der Waals surface area (Å²) in [6.07, 6.45) is -0.181. The third-order valence-electron chi connectivity index (χ3n) is 2.71. The fourth-order valence-corrected chi connectivity index (χ4v) is 1.68. The van der Waals surface area contributed by atoms with Gasteiger partial charge in [0.25, 0.3) is 0 Å². The molecule has 0 aromatic carbocycles. The second-order valence-corrected chi connectivity index (χ2v) is 4.00. The highest BCUT2D eigenvalue weighted by Crippen LogP contribution is 2.05. The van der Waals surface area contributed by atoms with Crippen molar-refractivity contribution in [2.45, 2.75) is 26.7 Å². The number of ether oxygens (including phenoxy) is 2. The van der Waals surface area contributed by atoms with Crippen LogP contribution in [0.5, 0.6) is 0 Å². The Bertz CT molecular complexity index is 327. The third kappa shape index (κ3) is 4.81. The first-order chi connectivity index (χ1) is 8.19. The number of aryl methyl sites for hydroxylation is 1. The van der Waals surface area contributed by atoms with Crippen LogP contribution in [0.25, 0.3) is 0 Å². The van der Waals surface area contributed by atoms with Crippen molar-refractivity contribution in [3.8, 4) is 0 Å². The van der Waals surface area contributed by atoms with Crippen molar-refractivity contribution in [2.24, 2.45) is 0 Å². The SMILES string of the molecule is CCN(Cc1cccc(C)n1)CC(OC)OC. The van der Waals surface area contributed by atoms with Crippen LogP contribution >= 0.6 is 0 Å². The fraction of sp³-hybridized carbons (Fsp3) is 0.615. The lowest BCUT2D eigenvalue weighted by atomic mass is 10.3. The number of nitrogens with zero attached hydrogens (tertiary/aromatic N) is 2. The first-order valence-electron chi connectivity index (χ1n) is 5.90. The van der Waals surface area contributed by atoms with Gasteiger partial charge in [0, 0.05) is 33.0 Å². The number of hydrogen-bond donors (Lipinski definition) is 0. The number of methoxy groups -OCH3 is 2. The predicted molar refractivity (Wildman–Crippen MR) is 67.7 cm³/mol. The molecule has 0 fully saturated rings. The monoisotopic (exact) mass is 238 g/mol. The molecule has 0 N–H and O–H groups in total. The second-order valence-electron chi connectivity index (χ2n) is 4.00. The van der Waals surface area contributed by atoms with Gasteiger partial charge in [-0.25, -0.2) is 0 Å². The molecule has 0 unspecified atom stereocenters. The van der Waals surface area contributed by atoms with E-state index in [1.54, 1.807) is 14.2 Å². The van der Waals surface area contributed by atoms with Crippen molar-refractivity contribution in [1.82, 2.24) is 9.88 Å². The Hall–Kier alpha value is -0.970. The van der Waals surface area contributed by atoms with Gasteiger partial charge in [0.15, 0.2) is 6.29 Å². The molecule has 4 heteroatoms. The minimum absolute atomic E-state index is 0.181. The molecule has 1 aromatic rings. The zero-order valence-electron chi connectivity index (χ0n) is 11.1. The van der Waals surface area contributed by atoms with E-state index >= 15 is 0 Å². The van der Waals surface area contributed by atoms with E-state index in [0.717, 1.165) is 31.0 Å². The Morgan fingerprint density at radius 3 is 2.53 bits per heavy atom. The summed E-state index contributed by atoms with van der Waals surface area (Å²) in [4.78, 5) is 6.75. The molecular formula is C13H22N2O2. The van der Waals surface area contributed by atoms with Gasteiger partial charge in [-0.05, 0) is 25.6 Å². The van der Waals surface area contributed by atoms with Gasteiger partial charge in [-0.3, -0.25) is 9.88 Å². The molecule has 17 heavy (non-hydrogen) atoms. The quantitative estimate of drug-likeness (QED) is 0.679. The van der Waals surface area contributed by atoms with Gasteiger partial charge in [0.2, 0.25) is 0 Å². The zero-order valence-corrected chi connectivity index (χ0v) is 11.1. The molecule has 0 bridgehead atoms. The molecule has 0 aliphatic carbocycles. The highest BCUT2D eigenvalue weighted by atomic mass is 16.7. The van der Waals surface area contributed by atoms with Gasteiger partial charge in [-0.15, -0.1) is 0 Å². The average molecular weight is 238 g/mol. The maximum absolute atomic E-state index is 5.21.